The second kappa shape index (κ2) is 6.67. The SMILES string of the molecule is COCCn1ncc(Br)c1C(O)c1c(F)cccc1Cl. The summed E-state index contributed by atoms with van der Waals surface area (Å²) in [6.07, 6.45) is 0.334. The Labute approximate surface area is 129 Å². The van der Waals surface area contributed by atoms with E-state index in [1.54, 1.807) is 18.0 Å². The van der Waals surface area contributed by atoms with Crippen molar-refractivity contribution in [2.75, 3.05) is 13.7 Å². The molecule has 0 spiro atoms. The number of methoxy groups -OCH3 is 1. The summed E-state index contributed by atoms with van der Waals surface area (Å²) in [7, 11) is 1.57. The third-order valence-electron chi connectivity index (χ3n) is 2.87. The normalized spacial score (nSPS) is 12.7. The average molecular weight is 364 g/mol. The van der Waals surface area contributed by atoms with Crippen LogP contribution >= 0.6 is 27.5 Å². The summed E-state index contributed by atoms with van der Waals surface area (Å²) in [5.74, 6) is -0.559. The third-order valence-corrected chi connectivity index (χ3v) is 3.81. The maximum atomic E-state index is 13.9. The van der Waals surface area contributed by atoms with E-state index in [9.17, 15) is 9.50 Å². The lowest BCUT2D eigenvalue weighted by molar-refractivity contribution is 0.170. The Morgan fingerprint density at radius 3 is 2.95 bits per heavy atom. The fourth-order valence-corrected chi connectivity index (χ4v) is 2.69. The third kappa shape index (κ3) is 3.03. The Kier molecular flexibility index (Phi) is 5.15. The molecule has 1 N–H and O–H groups in total. The van der Waals surface area contributed by atoms with Crippen molar-refractivity contribution in [2.45, 2.75) is 12.6 Å². The van der Waals surface area contributed by atoms with E-state index in [0.717, 1.165) is 0 Å². The van der Waals surface area contributed by atoms with E-state index >= 15 is 0 Å². The van der Waals surface area contributed by atoms with Crippen molar-refractivity contribution in [1.29, 1.82) is 0 Å². The van der Waals surface area contributed by atoms with Crippen LogP contribution in [-0.4, -0.2) is 28.6 Å². The zero-order valence-corrected chi connectivity index (χ0v) is 13.0. The lowest BCUT2D eigenvalue weighted by Gasteiger charge is -2.16. The fraction of sp³-hybridized carbons (Fsp3) is 0.308. The lowest BCUT2D eigenvalue weighted by Crippen LogP contribution is -2.14. The summed E-state index contributed by atoms with van der Waals surface area (Å²) < 4.78 is 21.0. The van der Waals surface area contributed by atoms with Gasteiger partial charge in [0.1, 0.15) is 11.9 Å². The highest BCUT2D eigenvalue weighted by molar-refractivity contribution is 9.10. The van der Waals surface area contributed by atoms with Gasteiger partial charge in [-0.15, -0.1) is 0 Å². The molecule has 1 unspecified atom stereocenters. The molecule has 2 rings (SSSR count). The Balaban J connectivity index is 2.43. The van der Waals surface area contributed by atoms with Crippen molar-refractivity contribution in [3.05, 3.63) is 51.0 Å². The van der Waals surface area contributed by atoms with Gasteiger partial charge in [-0.25, -0.2) is 4.39 Å². The van der Waals surface area contributed by atoms with Crippen molar-refractivity contribution < 1.29 is 14.2 Å². The summed E-state index contributed by atoms with van der Waals surface area (Å²) in [5, 5.41) is 14.7. The van der Waals surface area contributed by atoms with E-state index in [4.69, 9.17) is 16.3 Å². The van der Waals surface area contributed by atoms with E-state index in [-0.39, 0.29) is 10.6 Å². The second-order valence-corrected chi connectivity index (χ2v) is 5.39. The van der Waals surface area contributed by atoms with Crippen LogP contribution in [0.25, 0.3) is 0 Å². The van der Waals surface area contributed by atoms with Gasteiger partial charge in [0, 0.05) is 17.7 Å². The minimum atomic E-state index is -1.21. The predicted molar refractivity (Wildman–Crippen MR) is 77.3 cm³/mol. The number of aliphatic hydroxyl groups is 1. The van der Waals surface area contributed by atoms with Gasteiger partial charge in [0.2, 0.25) is 0 Å². The molecule has 0 aliphatic heterocycles. The Morgan fingerprint density at radius 1 is 1.55 bits per heavy atom. The summed E-state index contributed by atoms with van der Waals surface area (Å²) in [5.41, 5.74) is 0.475. The molecule has 0 saturated carbocycles. The van der Waals surface area contributed by atoms with Gasteiger partial charge in [-0.05, 0) is 28.1 Å². The van der Waals surface area contributed by atoms with Crippen molar-refractivity contribution in [3.8, 4) is 0 Å². The smallest absolute Gasteiger partial charge is 0.130 e. The number of aromatic nitrogens is 2. The van der Waals surface area contributed by atoms with Crippen LogP contribution in [0.1, 0.15) is 17.4 Å². The predicted octanol–water partition coefficient (Wildman–Crippen LogP) is 3.17. The molecule has 1 atom stereocenters. The van der Waals surface area contributed by atoms with Crippen LogP contribution in [-0.2, 0) is 11.3 Å². The lowest BCUT2D eigenvalue weighted by atomic mass is 10.1. The summed E-state index contributed by atoms with van der Waals surface area (Å²) in [6, 6.07) is 4.28. The maximum absolute atomic E-state index is 13.9. The number of hydrogen-bond donors (Lipinski definition) is 1. The zero-order valence-electron chi connectivity index (χ0n) is 10.7. The van der Waals surface area contributed by atoms with E-state index in [1.807, 2.05) is 0 Å². The molecule has 1 aromatic carbocycles. The topological polar surface area (TPSA) is 47.3 Å². The minimum absolute atomic E-state index is 0.0361. The van der Waals surface area contributed by atoms with Crippen molar-refractivity contribution in [2.24, 2.45) is 0 Å². The number of nitrogens with zero attached hydrogens (tertiary/aromatic N) is 2. The largest absolute Gasteiger partial charge is 0.383 e. The quantitative estimate of drug-likeness (QED) is 0.887. The summed E-state index contributed by atoms with van der Waals surface area (Å²) in [4.78, 5) is 0. The first kappa shape index (κ1) is 15.4. The van der Waals surface area contributed by atoms with Crippen molar-refractivity contribution in [1.82, 2.24) is 9.78 Å². The maximum Gasteiger partial charge on any atom is 0.130 e. The average Bonchev–Trinajstić information content (AvgIpc) is 2.77. The first-order valence-corrected chi connectivity index (χ1v) is 7.05. The molecule has 4 nitrogen and oxygen atoms in total. The number of ether oxygens (including phenoxy) is 1. The molecule has 0 fully saturated rings. The fourth-order valence-electron chi connectivity index (χ4n) is 1.91. The van der Waals surface area contributed by atoms with Crippen LogP contribution in [0.3, 0.4) is 0 Å². The molecule has 0 aliphatic rings. The van der Waals surface area contributed by atoms with Gasteiger partial charge < -0.3 is 9.84 Å². The molecule has 108 valence electrons. The van der Waals surface area contributed by atoms with Crippen LogP contribution in [0.2, 0.25) is 5.02 Å². The Morgan fingerprint density at radius 2 is 2.30 bits per heavy atom. The van der Waals surface area contributed by atoms with E-state index in [0.29, 0.717) is 23.3 Å². The van der Waals surface area contributed by atoms with Gasteiger partial charge in [-0.2, -0.15) is 5.10 Å². The van der Waals surface area contributed by atoms with Crippen molar-refractivity contribution in [3.63, 3.8) is 0 Å². The highest BCUT2D eigenvalue weighted by Crippen LogP contribution is 2.33. The summed E-state index contributed by atoms with van der Waals surface area (Å²) in [6.45, 7) is 0.874. The van der Waals surface area contributed by atoms with Gasteiger partial charge in [-0.1, -0.05) is 17.7 Å². The Hall–Kier alpha value is -0.950. The van der Waals surface area contributed by atoms with E-state index in [2.05, 4.69) is 21.0 Å². The van der Waals surface area contributed by atoms with Crippen LogP contribution in [0, 0.1) is 5.82 Å². The van der Waals surface area contributed by atoms with Crippen molar-refractivity contribution >= 4 is 27.5 Å². The number of rotatable bonds is 5. The van der Waals surface area contributed by atoms with Gasteiger partial charge in [0.05, 0.1) is 29.5 Å². The molecule has 20 heavy (non-hydrogen) atoms. The molecule has 0 bridgehead atoms. The number of benzene rings is 1. The van der Waals surface area contributed by atoms with Gasteiger partial charge in [-0.3, -0.25) is 4.68 Å². The van der Waals surface area contributed by atoms with Gasteiger partial charge >= 0.3 is 0 Å². The molecule has 0 aliphatic carbocycles. The zero-order chi connectivity index (χ0) is 14.7. The molecule has 2 aromatic rings. The highest BCUT2D eigenvalue weighted by atomic mass is 79.9. The molecular weight excluding hydrogens is 351 g/mol. The van der Waals surface area contributed by atoms with Gasteiger partial charge in [0.25, 0.3) is 0 Å². The Bertz CT molecular complexity index is 586. The number of hydrogen-bond acceptors (Lipinski definition) is 3. The standard InChI is InChI=1S/C13H13BrClFN2O2/c1-20-6-5-18-12(8(14)7-17-18)13(19)11-9(15)3-2-4-10(11)16/h2-4,7,13,19H,5-6H2,1H3. The molecule has 0 amide bonds. The van der Waals surface area contributed by atoms with E-state index < -0.39 is 11.9 Å². The van der Waals surface area contributed by atoms with Crippen LogP contribution in [0.15, 0.2) is 28.9 Å². The highest BCUT2D eigenvalue weighted by Gasteiger charge is 2.24. The van der Waals surface area contributed by atoms with Crippen LogP contribution in [0.5, 0.6) is 0 Å². The molecular formula is C13H13BrClFN2O2. The monoisotopic (exact) mass is 362 g/mol. The molecule has 0 radical (unpaired) electrons. The first-order valence-electron chi connectivity index (χ1n) is 5.88. The second-order valence-electron chi connectivity index (χ2n) is 4.13. The minimum Gasteiger partial charge on any atom is -0.383 e. The number of aliphatic hydroxyl groups excluding tert-OH is 1. The van der Waals surface area contributed by atoms with Crippen LogP contribution < -0.4 is 0 Å². The van der Waals surface area contributed by atoms with Gasteiger partial charge in [0.15, 0.2) is 0 Å². The van der Waals surface area contributed by atoms with Crippen LogP contribution in [0.4, 0.5) is 4.39 Å². The molecule has 1 heterocycles. The molecule has 0 saturated heterocycles. The number of halogens is 3. The summed E-state index contributed by atoms with van der Waals surface area (Å²) >= 11 is 9.29. The van der Waals surface area contributed by atoms with E-state index in [1.165, 1.54) is 18.2 Å². The first-order chi connectivity index (χ1) is 9.56. The molecule has 1 aromatic heterocycles. The molecule has 7 heteroatoms.